The van der Waals surface area contributed by atoms with Gasteiger partial charge in [0.15, 0.2) is 0 Å². The Balaban J connectivity index is 1.66. The molecule has 142 valence electrons. The fourth-order valence-corrected chi connectivity index (χ4v) is 3.61. The van der Waals surface area contributed by atoms with Crippen molar-refractivity contribution in [1.82, 2.24) is 15.0 Å². The van der Waals surface area contributed by atoms with Crippen LogP contribution in [0.25, 0.3) is 0 Å². The molecular weight excluding hydrogens is 326 g/mol. The Morgan fingerprint density at radius 2 is 2.12 bits per heavy atom. The second-order valence-corrected chi connectivity index (χ2v) is 7.46. The topological polar surface area (TPSA) is 41.7 Å². The van der Waals surface area contributed by atoms with Crippen LogP contribution < -0.4 is 4.74 Å². The molecule has 2 aromatic rings. The smallest absolute Gasteiger partial charge is 0.133 e. The monoisotopic (exact) mass is 357 g/mol. The maximum Gasteiger partial charge on any atom is 0.133 e. The quantitative estimate of drug-likeness (QED) is 0.667. The van der Waals surface area contributed by atoms with E-state index >= 15 is 0 Å². The van der Waals surface area contributed by atoms with Gasteiger partial charge in [-0.15, -0.1) is 0 Å². The van der Waals surface area contributed by atoms with Crippen LogP contribution in [0.5, 0.6) is 5.75 Å². The summed E-state index contributed by atoms with van der Waals surface area (Å²) in [5.41, 5.74) is 2.32. The van der Waals surface area contributed by atoms with E-state index in [9.17, 15) is 0 Å². The molecule has 5 heteroatoms. The Morgan fingerprint density at radius 3 is 2.88 bits per heavy atom. The van der Waals surface area contributed by atoms with Gasteiger partial charge in [0, 0.05) is 24.7 Å². The summed E-state index contributed by atoms with van der Waals surface area (Å²) in [5, 5.41) is 4.28. The van der Waals surface area contributed by atoms with Crippen molar-refractivity contribution >= 4 is 0 Å². The van der Waals surface area contributed by atoms with Crippen LogP contribution in [0.4, 0.5) is 0 Å². The zero-order valence-electron chi connectivity index (χ0n) is 16.3. The Labute approximate surface area is 156 Å². The number of hydrogen-bond donors (Lipinski definition) is 0. The third-order valence-electron chi connectivity index (χ3n) is 4.95. The number of hydrogen-bond acceptors (Lipinski definition) is 5. The molecule has 2 heterocycles. The van der Waals surface area contributed by atoms with Crippen LogP contribution in [0.1, 0.15) is 48.7 Å². The molecule has 0 saturated carbocycles. The van der Waals surface area contributed by atoms with Crippen LogP contribution in [-0.2, 0) is 6.54 Å². The first kappa shape index (κ1) is 18.9. The maximum absolute atomic E-state index is 6.09. The fourth-order valence-electron chi connectivity index (χ4n) is 3.61. The number of ether oxygens (including phenoxy) is 1. The number of likely N-dealkylation sites (tertiary alicyclic amines) is 1. The van der Waals surface area contributed by atoms with Crippen molar-refractivity contribution in [3.8, 4) is 5.75 Å². The van der Waals surface area contributed by atoms with Crippen LogP contribution in [-0.4, -0.2) is 48.7 Å². The SMILES string of the molecule is Cc1cc([C@@H]2CCCCN2Cc2ccccc2OCCCN(C)C)no1. The minimum atomic E-state index is 0.336. The molecule has 0 spiro atoms. The lowest BCUT2D eigenvalue weighted by Crippen LogP contribution is -2.33. The predicted molar refractivity (Wildman–Crippen MR) is 103 cm³/mol. The second-order valence-electron chi connectivity index (χ2n) is 7.46. The van der Waals surface area contributed by atoms with E-state index in [0.717, 1.165) is 56.3 Å². The van der Waals surface area contributed by atoms with Crippen molar-refractivity contribution in [2.45, 2.75) is 45.2 Å². The van der Waals surface area contributed by atoms with Crippen LogP contribution >= 0.6 is 0 Å². The molecule has 1 aliphatic heterocycles. The second kappa shape index (κ2) is 9.19. The lowest BCUT2D eigenvalue weighted by molar-refractivity contribution is 0.132. The molecule has 0 N–H and O–H groups in total. The standard InChI is InChI=1S/C21H31N3O2/c1-17-15-19(22-26-17)20-10-6-7-13-24(20)16-18-9-4-5-11-21(18)25-14-8-12-23(2)3/h4-5,9,11,15,20H,6-8,10,12-14,16H2,1-3H3/t20-/m0/s1. The van der Waals surface area contributed by atoms with Crippen molar-refractivity contribution in [2.24, 2.45) is 0 Å². The number of aromatic nitrogens is 1. The number of benzene rings is 1. The van der Waals surface area contributed by atoms with Gasteiger partial charge >= 0.3 is 0 Å². The van der Waals surface area contributed by atoms with E-state index in [-0.39, 0.29) is 0 Å². The Bertz CT molecular complexity index is 683. The first-order valence-corrected chi connectivity index (χ1v) is 9.66. The zero-order chi connectivity index (χ0) is 18.4. The van der Waals surface area contributed by atoms with Crippen molar-refractivity contribution in [2.75, 3.05) is 33.8 Å². The first-order chi connectivity index (χ1) is 12.6. The van der Waals surface area contributed by atoms with Gasteiger partial charge in [-0.25, -0.2) is 0 Å². The van der Waals surface area contributed by atoms with E-state index < -0.39 is 0 Å². The highest BCUT2D eigenvalue weighted by atomic mass is 16.5. The Hall–Kier alpha value is -1.85. The van der Waals surface area contributed by atoms with Crippen molar-refractivity contribution < 1.29 is 9.26 Å². The molecule has 1 atom stereocenters. The van der Waals surface area contributed by atoms with E-state index in [1.807, 2.05) is 6.92 Å². The summed E-state index contributed by atoms with van der Waals surface area (Å²) in [4.78, 5) is 4.70. The van der Waals surface area contributed by atoms with Gasteiger partial charge in [-0.2, -0.15) is 0 Å². The third-order valence-corrected chi connectivity index (χ3v) is 4.95. The van der Waals surface area contributed by atoms with E-state index in [4.69, 9.17) is 9.26 Å². The molecule has 0 amide bonds. The average Bonchev–Trinajstić information content (AvgIpc) is 3.06. The number of nitrogens with zero attached hydrogens (tertiary/aromatic N) is 3. The molecule has 1 aromatic carbocycles. The van der Waals surface area contributed by atoms with Gasteiger partial charge in [0.05, 0.1) is 12.6 Å². The van der Waals surface area contributed by atoms with Crippen LogP contribution in [0.2, 0.25) is 0 Å². The van der Waals surface area contributed by atoms with E-state index in [0.29, 0.717) is 6.04 Å². The molecule has 3 rings (SSSR count). The Kier molecular flexibility index (Phi) is 6.69. The highest BCUT2D eigenvalue weighted by Crippen LogP contribution is 2.33. The molecule has 0 radical (unpaired) electrons. The molecule has 0 bridgehead atoms. The molecule has 0 aliphatic carbocycles. The largest absolute Gasteiger partial charge is 0.493 e. The third kappa shape index (κ3) is 5.08. The molecule has 26 heavy (non-hydrogen) atoms. The average molecular weight is 357 g/mol. The summed E-state index contributed by atoms with van der Waals surface area (Å²) >= 11 is 0. The van der Waals surface area contributed by atoms with Crippen molar-refractivity contribution in [1.29, 1.82) is 0 Å². The number of piperidine rings is 1. The number of para-hydroxylation sites is 1. The van der Waals surface area contributed by atoms with Crippen LogP contribution in [0, 0.1) is 6.92 Å². The van der Waals surface area contributed by atoms with Gasteiger partial charge in [-0.05, 0) is 52.9 Å². The minimum Gasteiger partial charge on any atom is -0.493 e. The van der Waals surface area contributed by atoms with Crippen molar-refractivity contribution in [3.63, 3.8) is 0 Å². The molecular formula is C21H31N3O2. The van der Waals surface area contributed by atoms with Crippen molar-refractivity contribution in [3.05, 3.63) is 47.3 Å². The summed E-state index contributed by atoms with van der Waals surface area (Å²) in [7, 11) is 4.19. The normalized spacial score (nSPS) is 18.4. The van der Waals surface area contributed by atoms with Crippen LogP contribution in [0.15, 0.2) is 34.9 Å². The van der Waals surface area contributed by atoms with Gasteiger partial charge in [0.25, 0.3) is 0 Å². The van der Waals surface area contributed by atoms with E-state index in [2.05, 4.69) is 59.4 Å². The first-order valence-electron chi connectivity index (χ1n) is 9.66. The number of rotatable bonds is 8. The summed E-state index contributed by atoms with van der Waals surface area (Å²) < 4.78 is 11.4. The number of aryl methyl sites for hydroxylation is 1. The highest BCUT2D eigenvalue weighted by molar-refractivity contribution is 5.33. The fraction of sp³-hybridized carbons (Fsp3) is 0.571. The van der Waals surface area contributed by atoms with Crippen LogP contribution in [0.3, 0.4) is 0 Å². The van der Waals surface area contributed by atoms with Gasteiger partial charge < -0.3 is 14.2 Å². The summed E-state index contributed by atoms with van der Waals surface area (Å²) in [6, 6.07) is 10.8. The lowest BCUT2D eigenvalue weighted by Gasteiger charge is -2.34. The van der Waals surface area contributed by atoms with Gasteiger partial charge in [0.2, 0.25) is 0 Å². The van der Waals surface area contributed by atoms with Gasteiger partial charge in [-0.1, -0.05) is 29.8 Å². The van der Waals surface area contributed by atoms with E-state index in [1.165, 1.54) is 18.4 Å². The molecule has 1 aromatic heterocycles. The summed E-state index contributed by atoms with van der Waals surface area (Å²) in [6.07, 6.45) is 4.65. The predicted octanol–water partition coefficient (Wildman–Crippen LogP) is 4.04. The maximum atomic E-state index is 6.09. The molecule has 0 unspecified atom stereocenters. The minimum absolute atomic E-state index is 0.336. The lowest BCUT2D eigenvalue weighted by atomic mass is 9.98. The summed E-state index contributed by atoms with van der Waals surface area (Å²) in [6.45, 7) is 5.73. The van der Waals surface area contributed by atoms with Gasteiger partial charge in [0.1, 0.15) is 17.2 Å². The summed E-state index contributed by atoms with van der Waals surface area (Å²) in [5.74, 6) is 1.89. The van der Waals surface area contributed by atoms with Gasteiger partial charge in [-0.3, -0.25) is 4.90 Å². The molecule has 1 fully saturated rings. The molecule has 1 saturated heterocycles. The molecule has 5 nitrogen and oxygen atoms in total. The zero-order valence-corrected chi connectivity index (χ0v) is 16.3. The Morgan fingerprint density at radius 1 is 1.27 bits per heavy atom. The van der Waals surface area contributed by atoms with E-state index in [1.54, 1.807) is 0 Å². The molecule has 1 aliphatic rings. The highest BCUT2D eigenvalue weighted by Gasteiger charge is 2.27.